The summed E-state index contributed by atoms with van der Waals surface area (Å²) in [6.45, 7) is 0.277. The zero-order valence-electron chi connectivity index (χ0n) is 13.0. The summed E-state index contributed by atoms with van der Waals surface area (Å²) in [5.74, 6) is -0.914. The van der Waals surface area contributed by atoms with Gasteiger partial charge in [0.15, 0.2) is 0 Å². The lowest BCUT2D eigenvalue weighted by atomic mass is 10.1. The number of carbonyl (C=O) groups is 2. The Morgan fingerprint density at radius 1 is 1.16 bits per heavy atom. The number of nitro groups is 1. The third-order valence-corrected chi connectivity index (χ3v) is 4.23. The van der Waals surface area contributed by atoms with Gasteiger partial charge in [0.05, 0.1) is 10.8 Å². The average Bonchev–Trinajstić information content (AvgIpc) is 2.98. The Bertz CT molecular complexity index is 821. The largest absolute Gasteiger partial charge is 0.326 e. The van der Waals surface area contributed by atoms with Crippen molar-refractivity contribution in [1.82, 2.24) is 0 Å². The van der Waals surface area contributed by atoms with Crippen LogP contribution in [0.25, 0.3) is 0 Å². The van der Waals surface area contributed by atoms with Gasteiger partial charge in [-0.15, -0.1) is 0 Å². The van der Waals surface area contributed by atoms with Crippen molar-refractivity contribution in [3.05, 3.63) is 63.7 Å². The first-order chi connectivity index (χ1) is 11.9. The highest BCUT2D eigenvalue weighted by atomic mass is 35.5. The first kappa shape index (κ1) is 16.9. The summed E-state index contributed by atoms with van der Waals surface area (Å²) in [7, 11) is 0. The van der Waals surface area contributed by atoms with Gasteiger partial charge in [0.25, 0.3) is 5.69 Å². The lowest BCUT2D eigenvalue weighted by molar-refractivity contribution is -0.384. The van der Waals surface area contributed by atoms with E-state index in [1.807, 2.05) is 0 Å². The maximum atomic E-state index is 12.4. The van der Waals surface area contributed by atoms with E-state index >= 15 is 0 Å². The van der Waals surface area contributed by atoms with Crippen LogP contribution in [0.4, 0.5) is 17.1 Å². The van der Waals surface area contributed by atoms with Crippen molar-refractivity contribution in [2.75, 3.05) is 16.8 Å². The molecule has 1 aliphatic rings. The van der Waals surface area contributed by atoms with Crippen molar-refractivity contribution in [1.29, 1.82) is 0 Å². The summed E-state index contributed by atoms with van der Waals surface area (Å²) in [6.07, 6.45) is 0.113. The number of nitro benzene ring substituents is 1. The van der Waals surface area contributed by atoms with E-state index in [1.54, 1.807) is 29.2 Å². The first-order valence-electron chi connectivity index (χ1n) is 7.55. The molecule has 2 amide bonds. The van der Waals surface area contributed by atoms with Crippen molar-refractivity contribution in [3.8, 4) is 0 Å². The van der Waals surface area contributed by atoms with Crippen LogP contribution in [-0.4, -0.2) is 23.3 Å². The monoisotopic (exact) mass is 359 g/mol. The Labute approximate surface area is 148 Å². The molecule has 0 aliphatic carbocycles. The van der Waals surface area contributed by atoms with E-state index in [0.717, 1.165) is 0 Å². The maximum Gasteiger partial charge on any atom is 0.269 e. The van der Waals surface area contributed by atoms with Crippen molar-refractivity contribution < 1.29 is 14.5 Å². The zero-order valence-corrected chi connectivity index (χ0v) is 13.8. The van der Waals surface area contributed by atoms with Crippen LogP contribution in [0.1, 0.15) is 6.42 Å². The molecule has 25 heavy (non-hydrogen) atoms. The Morgan fingerprint density at radius 2 is 1.80 bits per heavy atom. The minimum Gasteiger partial charge on any atom is -0.326 e. The number of hydrogen-bond acceptors (Lipinski definition) is 4. The minimum atomic E-state index is -0.509. The molecule has 7 nitrogen and oxygen atoms in total. The van der Waals surface area contributed by atoms with Gasteiger partial charge in [-0.05, 0) is 36.4 Å². The van der Waals surface area contributed by atoms with E-state index in [4.69, 9.17) is 11.6 Å². The van der Waals surface area contributed by atoms with Crippen LogP contribution in [0.15, 0.2) is 48.5 Å². The molecule has 1 N–H and O–H groups in total. The van der Waals surface area contributed by atoms with Crippen LogP contribution in [0.3, 0.4) is 0 Å². The summed E-state index contributed by atoms with van der Waals surface area (Å²) < 4.78 is 0. The van der Waals surface area contributed by atoms with Crippen molar-refractivity contribution in [2.45, 2.75) is 6.42 Å². The van der Waals surface area contributed by atoms with Gasteiger partial charge in [0.1, 0.15) is 0 Å². The highest BCUT2D eigenvalue weighted by Crippen LogP contribution is 2.27. The lowest BCUT2D eigenvalue weighted by Gasteiger charge is -2.16. The molecule has 0 bridgehead atoms. The van der Waals surface area contributed by atoms with Crippen LogP contribution >= 0.6 is 11.6 Å². The molecule has 1 atom stereocenters. The van der Waals surface area contributed by atoms with Gasteiger partial charge in [-0.25, -0.2) is 0 Å². The fraction of sp³-hybridized carbons (Fsp3) is 0.176. The molecule has 2 aromatic rings. The molecule has 0 radical (unpaired) electrons. The fourth-order valence-electron chi connectivity index (χ4n) is 2.66. The Kier molecular flexibility index (Phi) is 4.67. The molecule has 1 aliphatic heterocycles. The number of carbonyl (C=O) groups excluding carboxylic acids is 2. The number of amides is 2. The number of halogens is 1. The summed E-state index contributed by atoms with van der Waals surface area (Å²) >= 11 is 5.85. The van der Waals surface area contributed by atoms with Crippen LogP contribution in [0.5, 0.6) is 0 Å². The normalized spacial score (nSPS) is 16.8. The first-order valence-corrected chi connectivity index (χ1v) is 7.93. The second-order valence-corrected chi connectivity index (χ2v) is 6.11. The predicted octanol–water partition coefficient (Wildman–Crippen LogP) is 3.24. The number of rotatable bonds is 4. The third-order valence-electron chi connectivity index (χ3n) is 3.98. The second kappa shape index (κ2) is 6.90. The van der Waals surface area contributed by atoms with Crippen molar-refractivity contribution >= 4 is 40.5 Å². The SMILES string of the molecule is O=C(Nc1ccc([N+](=O)[O-])cc1)[C@H]1CC(=O)N(c2ccc(Cl)cc2)C1. The Balaban J connectivity index is 1.66. The standard InChI is InChI=1S/C17H14ClN3O4/c18-12-1-5-14(6-2-12)20-10-11(9-16(20)22)17(23)19-13-3-7-15(8-4-13)21(24)25/h1-8,11H,9-10H2,(H,19,23)/t11-/m0/s1. The molecule has 1 fully saturated rings. The van der Waals surface area contributed by atoms with Gasteiger partial charge in [-0.3, -0.25) is 19.7 Å². The van der Waals surface area contributed by atoms with Gasteiger partial charge in [-0.2, -0.15) is 0 Å². The molecule has 2 aromatic carbocycles. The third kappa shape index (κ3) is 3.77. The summed E-state index contributed by atoms with van der Waals surface area (Å²) in [5.41, 5.74) is 1.09. The van der Waals surface area contributed by atoms with Gasteiger partial charge >= 0.3 is 0 Å². The highest BCUT2D eigenvalue weighted by Gasteiger charge is 2.35. The molecule has 8 heteroatoms. The summed E-state index contributed by atoms with van der Waals surface area (Å²) in [6, 6.07) is 12.4. The fourth-order valence-corrected chi connectivity index (χ4v) is 2.79. The molecule has 0 spiro atoms. The van der Waals surface area contributed by atoms with Crippen LogP contribution in [0.2, 0.25) is 5.02 Å². The van der Waals surface area contributed by atoms with E-state index in [2.05, 4.69) is 5.32 Å². The lowest BCUT2D eigenvalue weighted by Crippen LogP contribution is -2.28. The van der Waals surface area contributed by atoms with Crippen LogP contribution < -0.4 is 10.2 Å². The smallest absolute Gasteiger partial charge is 0.269 e. The van der Waals surface area contributed by atoms with E-state index in [1.165, 1.54) is 24.3 Å². The molecule has 3 rings (SSSR count). The van der Waals surface area contributed by atoms with E-state index < -0.39 is 10.8 Å². The number of anilines is 2. The number of hydrogen-bond donors (Lipinski definition) is 1. The van der Waals surface area contributed by atoms with Crippen LogP contribution in [-0.2, 0) is 9.59 Å². The number of non-ortho nitro benzene ring substituents is 1. The maximum absolute atomic E-state index is 12.4. The van der Waals surface area contributed by atoms with Gasteiger partial charge < -0.3 is 10.2 Å². The van der Waals surface area contributed by atoms with Gasteiger partial charge in [0, 0.05) is 41.5 Å². The molecular formula is C17H14ClN3O4. The molecule has 0 aromatic heterocycles. The zero-order chi connectivity index (χ0) is 18.0. The van der Waals surface area contributed by atoms with Gasteiger partial charge in [-0.1, -0.05) is 11.6 Å². The molecule has 1 saturated heterocycles. The second-order valence-electron chi connectivity index (χ2n) is 5.68. The number of benzene rings is 2. The van der Waals surface area contributed by atoms with Crippen molar-refractivity contribution in [2.24, 2.45) is 5.92 Å². The van der Waals surface area contributed by atoms with Crippen LogP contribution in [0, 0.1) is 16.0 Å². The van der Waals surface area contributed by atoms with E-state index in [0.29, 0.717) is 16.4 Å². The predicted molar refractivity (Wildman–Crippen MR) is 93.6 cm³/mol. The molecular weight excluding hydrogens is 346 g/mol. The number of nitrogens with one attached hydrogen (secondary N) is 1. The Morgan fingerprint density at radius 3 is 2.40 bits per heavy atom. The van der Waals surface area contributed by atoms with E-state index in [9.17, 15) is 19.7 Å². The number of nitrogens with zero attached hydrogens (tertiary/aromatic N) is 2. The summed E-state index contributed by atoms with van der Waals surface area (Å²) in [5, 5.41) is 13.9. The Hall–Kier alpha value is -2.93. The quantitative estimate of drug-likeness (QED) is 0.670. The minimum absolute atomic E-state index is 0.0528. The topological polar surface area (TPSA) is 92.5 Å². The van der Waals surface area contributed by atoms with E-state index in [-0.39, 0.29) is 30.5 Å². The molecule has 1 heterocycles. The van der Waals surface area contributed by atoms with Crippen molar-refractivity contribution in [3.63, 3.8) is 0 Å². The molecule has 128 valence electrons. The molecule has 0 unspecified atom stereocenters. The molecule has 0 saturated carbocycles. The van der Waals surface area contributed by atoms with Gasteiger partial charge in [0.2, 0.25) is 11.8 Å². The highest BCUT2D eigenvalue weighted by molar-refractivity contribution is 6.30. The summed E-state index contributed by atoms with van der Waals surface area (Å²) in [4.78, 5) is 36.2. The average molecular weight is 360 g/mol.